The van der Waals surface area contributed by atoms with Gasteiger partial charge in [0.2, 0.25) is 0 Å². The number of halogens is 1. The van der Waals surface area contributed by atoms with Crippen LogP contribution < -0.4 is 4.74 Å². The first kappa shape index (κ1) is 11.8. The minimum absolute atomic E-state index is 0.00218. The summed E-state index contributed by atoms with van der Waals surface area (Å²) >= 11 is 0. The van der Waals surface area contributed by atoms with Crippen molar-refractivity contribution < 1.29 is 19.2 Å². The second kappa shape index (κ2) is 4.67. The van der Waals surface area contributed by atoms with Crippen LogP contribution in [0.15, 0.2) is 18.2 Å². The molecule has 0 aliphatic heterocycles. The van der Waals surface area contributed by atoms with E-state index in [1.54, 1.807) is 0 Å². The predicted molar refractivity (Wildman–Crippen MR) is 57.3 cm³/mol. The zero-order valence-corrected chi connectivity index (χ0v) is 9.01. The summed E-state index contributed by atoms with van der Waals surface area (Å²) in [6, 6.07) is 3.14. The summed E-state index contributed by atoms with van der Waals surface area (Å²) in [5, 5.41) is 20.3. The summed E-state index contributed by atoms with van der Waals surface area (Å²) < 4.78 is 18.3. The minimum atomic E-state index is -0.695. The first-order chi connectivity index (χ1) is 8.08. The number of rotatable bonds is 3. The van der Waals surface area contributed by atoms with Gasteiger partial charge >= 0.3 is 5.69 Å². The molecule has 0 bridgehead atoms. The Bertz CT molecular complexity index is 437. The summed E-state index contributed by atoms with van der Waals surface area (Å²) in [5.41, 5.74) is -0.413. The normalized spacial score (nSPS) is 23.6. The molecule has 1 N–H and O–H groups in total. The van der Waals surface area contributed by atoms with Crippen molar-refractivity contribution in [3.63, 3.8) is 0 Å². The fourth-order valence-electron chi connectivity index (χ4n) is 1.94. The third-order valence-corrected chi connectivity index (χ3v) is 2.81. The van der Waals surface area contributed by atoms with Gasteiger partial charge in [-0.05, 0) is 31.4 Å². The molecule has 1 saturated carbocycles. The van der Waals surface area contributed by atoms with E-state index in [4.69, 9.17) is 4.74 Å². The summed E-state index contributed by atoms with van der Waals surface area (Å²) in [4.78, 5) is 10.0. The standard InChI is InChI=1S/C11H12FNO4/c12-7-4-5-10(8(6-7)13(15)16)17-11-3-1-2-9(11)14/h4-6,9,11,14H,1-3H2/t9-,11-/m1/s1. The lowest BCUT2D eigenvalue weighted by Gasteiger charge is -2.16. The molecular weight excluding hydrogens is 229 g/mol. The zero-order valence-electron chi connectivity index (χ0n) is 9.01. The Labute approximate surface area is 97.0 Å². The van der Waals surface area contributed by atoms with Gasteiger partial charge in [-0.3, -0.25) is 10.1 Å². The Kier molecular flexibility index (Phi) is 3.23. The Morgan fingerprint density at radius 2 is 2.24 bits per heavy atom. The maximum atomic E-state index is 12.9. The Balaban J connectivity index is 2.22. The SMILES string of the molecule is O=[N+]([O-])c1cc(F)ccc1O[C@@H]1CCC[C@H]1O. The molecule has 2 atom stereocenters. The number of nitrogens with zero attached hydrogens (tertiary/aromatic N) is 1. The first-order valence-corrected chi connectivity index (χ1v) is 5.36. The van der Waals surface area contributed by atoms with Gasteiger partial charge in [0, 0.05) is 0 Å². The lowest BCUT2D eigenvalue weighted by Crippen LogP contribution is -2.25. The molecule has 0 heterocycles. The van der Waals surface area contributed by atoms with Crippen molar-refractivity contribution >= 4 is 5.69 Å². The molecule has 0 aromatic heterocycles. The predicted octanol–water partition coefficient (Wildman–Crippen LogP) is 2.03. The summed E-state index contributed by atoms with van der Waals surface area (Å²) in [6.45, 7) is 0. The van der Waals surface area contributed by atoms with E-state index in [1.165, 1.54) is 6.07 Å². The summed E-state index contributed by atoms with van der Waals surface area (Å²) in [6.07, 6.45) is 1.04. The summed E-state index contributed by atoms with van der Waals surface area (Å²) in [5.74, 6) is -0.682. The lowest BCUT2D eigenvalue weighted by atomic mass is 10.2. The van der Waals surface area contributed by atoms with Gasteiger partial charge in [-0.15, -0.1) is 0 Å². The van der Waals surface area contributed by atoms with E-state index >= 15 is 0 Å². The average molecular weight is 241 g/mol. The third kappa shape index (κ3) is 2.52. The third-order valence-electron chi connectivity index (χ3n) is 2.81. The van der Waals surface area contributed by atoms with Crippen LogP contribution in [0, 0.1) is 15.9 Å². The minimum Gasteiger partial charge on any atom is -0.481 e. The van der Waals surface area contributed by atoms with Crippen LogP contribution >= 0.6 is 0 Å². The van der Waals surface area contributed by atoms with E-state index < -0.39 is 28.6 Å². The van der Waals surface area contributed by atoms with Crippen LogP contribution in [0.25, 0.3) is 0 Å². The van der Waals surface area contributed by atoms with E-state index in [1.807, 2.05) is 0 Å². The number of nitro groups is 1. The maximum absolute atomic E-state index is 12.9. The molecule has 1 aliphatic rings. The Morgan fingerprint density at radius 1 is 1.47 bits per heavy atom. The molecule has 17 heavy (non-hydrogen) atoms. The molecule has 0 unspecified atom stereocenters. The van der Waals surface area contributed by atoms with Crippen LogP contribution in [0.1, 0.15) is 19.3 Å². The molecule has 5 nitrogen and oxygen atoms in total. The smallest absolute Gasteiger partial charge is 0.313 e. The topological polar surface area (TPSA) is 72.6 Å². The van der Waals surface area contributed by atoms with Crippen molar-refractivity contribution in [3.05, 3.63) is 34.1 Å². The number of ether oxygens (including phenoxy) is 1. The largest absolute Gasteiger partial charge is 0.481 e. The monoisotopic (exact) mass is 241 g/mol. The van der Waals surface area contributed by atoms with Crippen LogP contribution in [0.3, 0.4) is 0 Å². The van der Waals surface area contributed by atoms with Crippen LogP contribution in [0.5, 0.6) is 5.75 Å². The number of benzene rings is 1. The molecule has 0 amide bonds. The molecule has 0 radical (unpaired) electrons. The van der Waals surface area contributed by atoms with Gasteiger partial charge in [0.25, 0.3) is 0 Å². The van der Waals surface area contributed by atoms with Gasteiger partial charge in [-0.1, -0.05) is 0 Å². The number of hydrogen-bond acceptors (Lipinski definition) is 4. The lowest BCUT2D eigenvalue weighted by molar-refractivity contribution is -0.386. The highest BCUT2D eigenvalue weighted by molar-refractivity contribution is 5.46. The van der Waals surface area contributed by atoms with Crippen molar-refractivity contribution in [1.82, 2.24) is 0 Å². The highest BCUT2D eigenvalue weighted by Gasteiger charge is 2.29. The van der Waals surface area contributed by atoms with E-state index in [0.29, 0.717) is 12.8 Å². The van der Waals surface area contributed by atoms with Crippen molar-refractivity contribution in [3.8, 4) is 5.75 Å². The molecule has 1 fully saturated rings. The van der Waals surface area contributed by atoms with Crippen molar-refractivity contribution in [2.45, 2.75) is 31.5 Å². The van der Waals surface area contributed by atoms with Crippen LogP contribution in [0.4, 0.5) is 10.1 Å². The molecule has 1 aliphatic carbocycles. The molecule has 1 aromatic rings. The van der Waals surface area contributed by atoms with Gasteiger partial charge in [-0.25, -0.2) is 4.39 Å². The van der Waals surface area contributed by atoms with E-state index in [0.717, 1.165) is 18.6 Å². The van der Waals surface area contributed by atoms with Gasteiger partial charge < -0.3 is 9.84 Å². The van der Waals surface area contributed by atoms with Crippen LogP contribution in [0.2, 0.25) is 0 Å². The van der Waals surface area contributed by atoms with Crippen molar-refractivity contribution in [2.75, 3.05) is 0 Å². The molecule has 0 saturated heterocycles. The maximum Gasteiger partial charge on any atom is 0.313 e. The number of aliphatic hydroxyl groups excluding tert-OH is 1. The van der Waals surface area contributed by atoms with Gasteiger partial charge in [0.15, 0.2) is 5.75 Å². The van der Waals surface area contributed by atoms with Gasteiger partial charge in [0.05, 0.1) is 17.1 Å². The first-order valence-electron chi connectivity index (χ1n) is 5.36. The Hall–Kier alpha value is -1.69. The highest BCUT2D eigenvalue weighted by Crippen LogP contribution is 2.31. The average Bonchev–Trinajstić information content (AvgIpc) is 2.67. The van der Waals surface area contributed by atoms with Gasteiger partial charge in [-0.2, -0.15) is 0 Å². The van der Waals surface area contributed by atoms with Crippen molar-refractivity contribution in [2.24, 2.45) is 0 Å². The van der Waals surface area contributed by atoms with E-state index in [9.17, 15) is 19.6 Å². The molecular formula is C11H12FNO4. The molecule has 1 aromatic carbocycles. The van der Waals surface area contributed by atoms with E-state index in [2.05, 4.69) is 0 Å². The molecule has 6 heteroatoms. The molecule has 92 valence electrons. The van der Waals surface area contributed by atoms with Gasteiger partial charge in [0.1, 0.15) is 11.9 Å². The molecule has 0 spiro atoms. The number of hydrogen-bond donors (Lipinski definition) is 1. The van der Waals surface area contributed by atoms with Crippen LogP contribution in [-0.4, -0.2) is 22.2 Å². The number of nitro benzene ring substituents is 1. The number of aliphatic hydroxyl groups is 1. The fourth-order valence-corrected chi connectivity index (χ4v) is 1.94. The van der Waals surface area contributed by atoms with Crippen molar-refractivity contribution in [1.29, 1.82) is 0 Å². The molecule has 2 rings (SSSR count). The van der Waals surface area contributed by atoms with E-state index in [-0.39, 0.29) is 5.75 Å². The second-order valence-corrected chi connectivity index (χ2v) is 4.02. The highest BCUT2D eigenvalue weighted by atomic mass is 19.1. The second-order valence-electron chi connectivity index (χ2n) is 4.02. The quantitative estimate of drug-likeness (QED) is 0.649. The fraction of sp³-hybridized carbons (Fsp3) is 0.455. The van der Waals surface area contributed by atoms with Crippen LogP contribution in [-0.2, 0) is 0 Å². The summed E-state index contributed by atoms with van der Waals surface area (Å²) in [7, 11) is 0. The zero-order chi connectivity index (χ0) is 12.4. The Morgan fingerprint density at radius 3 is 2.82 bits per heavy atom.